The van der Waals surface area contributed by atoms with Crippen molar-refractivity contribution in [2.45, 2.75) is 43.6 Å². The highest BCUT2D eigenvalue weighted by molar-refractivity contribution is 6.30. The van der Waals surface area contributed by atoms with Crippen LogP contribution in [0.3, 0.4) is 0 Å². The molecule has 3 rings (SSSR count). The maximum atomic E-state index is 6.64. The van der Waals surface area contributed by atoms with Crippen molar-refractivity contribution in [3.05, 3.63) is 70.7 Å². The topological polar surface area (TPSA) is 26.0 Å². The van der Waals surface area contributed by atoms with Gasteiger partial charge in [-0.05, 0) is 61.3 Å². The van der Waals surface area contributed by atoms with E-state index in [0.717, 1.165) is 24.3 Å². The molecule has 2 aromatic carbocycles. The predicted molar refractivity (Wildman–Crippen MR) is 89.7 cm³/mol. The number of hydrogen-bond donors (Lipinski definition) is 1. The molecule has 2 aromatic rings. The van der Waals surface area contributed by atoms with E-state index in [0.29, 0.717) is 5.92 Å². The van der Waals surface area contributed by atoms with Gasteiger partial charge in [0.25, 0.3) is 0 Å². The van der Waals surface area contributed by atoms with Gasteiger partial charge >= 0.3 is 0 Å². The zero-order valence-corrected chi connectivity index (χ0v) is 13.0. The van der Waals surface area contributed by atoms with Crippen LogP contribution in [0.5, 0.6) is 0 Å². The average Bonchev–Trinajstić information content (AvgIpc) is 2.51. The molecule has 2 heteroatoms. The van der Waals surface area contributed by atoms with Crippen LogP contribution in [0.15, 0.2) is 54.6 Å². The Morgan fingerprint density at radius 2 is 1.57 bits per heavy atom. The Bertz CT molecular complexity index is 568. The first-order valence-corrected chi connectivity index (χ1v) is 8.11. The Balaban J connectivity index is 1.62. The molecule has 0 aliphatic heterocycles. The molecule has 0 saturated heterocycles. The minimum Gasteiger partial charge on any atom is -0.325 e. The lowest BCUT2D eigenvalue weighted by molar-refractivity contribution is 0.271. The van der Waals surface area contributed by atoms with Crippen molar-refractivity contribution in [2.24, 2.45) is 5.73 Å². The van der Waals surface area contributed by atoms with Gasteiger partial charge in [0.15, 0.2) is 0 Å². The second kappa shape index (κ2) is 6.21. The zero-order valence-electron chi connectivity index (χ0n) is 12.3. The highest BCUT2D eigenvalue weighted by Crippen LogP contribution is 2.38. The average molecular weight is 300 g/mol. The molecule has 0 amide bonds. The standard InChI is InChI=1S/C19H22ClN/c20-18-8-6-15(7-9-18)14-19(21)12-10-17(11-13-19)16-4-2-1-3-5-16/h1-9,17H,10-14,21H2. The largest absolute Gasteiger partial charge is 0.325 e. The molecule has 0 bridgehead atoms. The van der Waals surface area contributed by atoms with E-state index >= 15 is 0 Å². The fourth-order valence-electron chi connectivity index (χ4n) is 3.44. The summed E-state index contributed by atoms with van der Waals surface area (Å²) in [5.74, 6) is 0.674. The normalized spacial score (nSPS) is 25.7. The molecule has 0 heterocycles. The van der Waals surface area contributed by atoms with Gasteiger partial charge in [-0.3, -0.25) is 0 Å². The van der Waals surface area contributed by atoms with Crippen molar-refractivity contribution in [1.29, 1.82) is 0 Å². The van der Waals surface area contributed by atoms with E-state index in [2.05, 4.69) is 42.5 Å². The quantitative estimate of drug-likeness (QED) is 0.853. The Hall–Kier alpha value is -1.31. The second-order valence-electron chi connectivity index (χ2n) is 6.35. The van der Waals surface area contributed by atoms with Crippen LogP contribution in [0.4, 0.5) is 0 Å². The lowest BCUT2D eigenvalue weighted by atomic mass is 9.72. The SMILES string of the molecule is NC1(Cc2ccc(Cl)cc2)CCC(c2ccccc2)CC1. The summed E-state index contributed by atoms with van der Waals surface area (Å²) >= 11 is 5.94. The molecule has 1 aliphatic carbocycles. The van der Waals surface area contributed by atoms with Gasteiger partial charge in [-0.15, -0.1) is 0 Å². The molecule has 0 radical (unpaired) electrons. The third-order valence-corrected chi connectivity index (χ3v) is 4.97. The summed E-state index contributed by atoms with van der Waals surface area (Å²) in [6.07, 6.45) is 5.51. The zero-order chi connectivity index (χ0) is 14.7. The summed E-state index contributed by atoms with van der Waals surface area (Å²) in [6.45, 7) is 0. The number of hydrogen-bond acceptors (Lipinski definition) is 1. The van der Waals surface area contributed by atoms with Gasteiger partial charge < -0.3 is 5.73 Å². The first-order chi connectivity index (χ1) is 10.1. The van der Waals surface area contributed by atoms with Crippen LogP contribution >= 0.6 is 11.6 Å². The third kappa shape index (κ3) is 3.66. The summed E-state index contributed by atoms with van der Waals surface area (Å²) in [4.78, 5) is 0. The maximum Gasteiger partial charge on any atom is 0.0406 e. The summed E-state index contributed by atoms with van der Waals surface area (Å²) in [7, 11) is 0. The van der Waals surface area contributed by atoms with Crippen molar-refractivity contribution in [2.75, 3.05) is 0 Å². The Morgan fingerprint density at radius 1 is 0.952 bits per heavy atom. The van der Waals surface area contributed by atoms with E-state index in [9.17, 15) is 0 Å². The number of rotatable bonds is 3. The molecule has 1 saturated carbocycles. The molecule has 0 atom stereocenters. The lowest BCUT2D eigenvalue weighted by Gasteiger charge is -2.37. The van der Waals surface area contributed by atoms with E-state index in [1.165, 1.54) is 24.0 Å². The first-order valence-electron chi connectivity index (χ1n) is 7.73. The first kappa shape index (κ1) is 14.6. The predicted octanol–water partition coefficient (Wildman–Crippen LogP) is 4.94. The lowest BCUT2D eigenvalue weighted by Crippen LogP contribution is -2.45. The van der Waals surface area contributed by atoms with Crippen LogP contribution in [-0.2, 0) is 6.42 Å². The molecule has 2 N–H and O–H groups in total. The molecule has 1 fully saturated rings. The minimum absolute atomic E-state index is 0.0564. The Kier molecular flexibility index (Phi) is 4.32. The van der Waals surface area contributed by atoms with Crippen molar-refractivity contribution in [1.82, 2.24) is 0 Å². The van der Waals surface area contributed by atoms with Crippen LogP contribution in [0.25, 0.3) is 0 Å². The molecule has 1 nitrogen and oxygen atoms in total. The van der Waals surface area contributed by atoms with Gasteiger partial charge in [-0.25, -0.2) is 0 Å². The molecule has 21 heavy (non-hydrogen) atoms. The highest BCUT2D eigenvalue weighted by atomic mass is 35.5. The van der Waals surface area contributed by atoms with Crippen LogP contribution in [0.2, 0.25) is 5.02 Å². The maximum absolute atomic E-state index is 6.64. The highest BCUT2D eigenvalue weighted by Gasteiger charge is 2.32. The smallest absolute Gasteiger partial charge is 0.0406 e. The fourth-order valence-corrected chi connectivity index (χ4v) is 3.56. The van der Waals surface area contributed by atoms with Gasteiger partial charge in [0.05, 0.1) is 0 Å². The summed E-state index contributed by atoms with van der Waals surface area (Å²) < 4.78 is 0. The van der Waals surface area contributed by atoms with Crippen molar-refractivity contribution < 1.29 is 0 Å². The number of nitrogens with two attached hydrogens (primary N) is 1. The van der Waals surface area contributed by atoms with Crippen LogP contribution in [0, 0.1) is 0 Å². The van der Waals surface area contributed by atoms with E-state index in [4.69, 9.17) is 17.3 Å². The molecule has 0 unspecified atom stereocenters. The van der Waals surface area contributed by atoms with Crippen molar-refractivity contribution in [3.8, 4) is 0 Å². The van der Waals surface area contributed by atoms with E-state index in [-0.39, 0.29) is 5.54 Å². The van der Waals surface area contributed by atoms with E-state index < -0.39 is 0 Å². The minimum atomic E-state index is -0.0564. The van der Waals surface area contributed by atoms with E-state index in [1.807, 2.05) is 12.1 Å². The molecule has 1 aliphatic rings. The van der Waals surface area contributed by atoms with Gasteiger partial charge in [0.2, 0.25) is 0 Å². The summed E-state index contributed by atoms with van der Waals surface area (Å²) in [6, 6.07) is 18.9. The monoisotopic (exact) mass is 299 g/mol. The van der Waals surface area contributed by atoms with Crippen LogP contribution in [-0.4, -0.2) is 5.54 Å². The third-order valence-electron chi connectivity index (χ3n) is 4.72. The molecule has 0 aromatic heterocycles. The Morgan fingerprint density at radius 3 is 2.19 bits per heavy atom. The Labute approximate surface area is 132 Å². The molecule has 110 valence electrons. The van der Waals surface area contributed by atoms with Gasteiger partial charge in [-0.1, -0.05) is 54.1 Å². The van der Waals surface area contributed by atoms with Gasteiger partial charge in [0.1, 0.15) is 0 Å². The molecular formula is C19H22ClN. The number of benzene rings is 2. The fraction of sp³-hybridized carbons (Fsp3) is 0.368. The van der Waals surface area contributed by atoms with Crippen LogP contribution in [0.1, 0.15) is 42.7 Å². The molecule has 0 spiro atoms. The van der Waals surface area contributed by atoms with Crippen molar-refractivity contribution >= 4 is 11.6 Å². The molecular weight excluding hydrogens is 278 g/mol. The number of halogens is 1. The second-order valence-corrected chi connectivity index (χ2v) is 6.79. The van der Waals surface area contributed by atoms with E-state index in [1.54, 1.807) is 0 Å². The summed E-state index contributed by atoms with van der Waals surface area (Å²) in [5, 5.41) is 0.789. The van der Waals surface area contributed by atoms with Gasteiger partial charge in [0, 0.05) is 10.6 Å². The summed E-state index contributed by atoms with van der Waals surface area (Å²) in [5.41, 5.74) is 9.34. The van der Waals surface area contributed by atoms with Crippen LogP contribution < -0.4 is 5.73 Å². The van der Waals surface area contributed by atoms with Gasteiger partial charge in [-0.2, -0.15) is 0 Å². The van der Waals surface area contributed by atoms with Crippen molar-refractivity contribution in [3.63, 3.8) is 0 Å².